The van der Waals surface area contributed by atoms with Crippen LogP contribution in [-0.2, 0) is 24.9 Å². The first-order chi connectivity index (χ1) is 29.9. The summed E-state index contributed by atoms with van der Waals surface area (Å²) in [6.07, 6.45) is 12.6. The van der Waals surface area contributed by atoms with Gasteiger partial charge in [-0.05, 0) is 82.8 Å². The second-order valence-corrected chi connectivity index (χ2v) is 15.4. The van der Waals surface area contributed by atoms with Crippen molar-refractivity contribution in [3.8, 4) is 22.5 Å². The number of benzene rings is 6. The maximum atomic E-state index is 11.7. The summed E-state index contributed by atoms with van der Waals surface area (Å²) >= 11 is 0. The van der Waals surface area contributed by atoms with E-state index in [1.165, 1.54) is 38.4 Å². The molecule has 4 aromatic heterocycles. The van der Waals surface area contributed by atoms with E-state index in [-0.39, 0.29) is 43.5 Å². The van der Waals surface area contributed by atoms with E-state index < -0.39 is 0 Å². The quantitative estimate of drug-likeness (QED) is 0.0763. The average Bonchev–Trinajstić information content (AvgIpc) is 4.02. The summed E-state index contributed by atoms with van der Waals surface area (Å²) in [6, 6.07) is 48.9. The fourth-order valence-electron chi connectivity index (χ4n) is 8.42. The number of hydrogen-bond acceptors (Lipinski definition) is 4. The number of aliphatic hydroxyl groups is 1. The molecule has 3 N–H and O–H groups in total. The van der Waals surface area contributed by atoms with Crippen LogP contribution in [0.25, 0.3) is 87.4 Å². The largest absolute Gasteiger partial charge is 0.512 e. The maximum absolute atomic E-state index is 11.7. The van der Waals surface area contributed by atoms with Crippen molar-refractivity contribution in [1.29, 1.82) is 0 Å². The molecule has 0 saturated carbocycles. The molecule has 10 rings (SSSR count). The number of ketones is 1. The first kappa shape index (κ1) is 43.7. The zero-order valence-electron chi connectivity index (χ0n) is 35.5. The van der Waals surface area contributed by atoms with Crippen LogP contribution in [-0.4, -0.2) is 30.8 Å². The van der Waals surface area contributed by atoms with Gasteiger partial charge in [0, 0.05) is 61.8 Å². The first-order valence-corrected chi connectivity index (χ1v) is 21.4. The number of allylic oxidation sites excluding steroid dienone is 2. The Bertz CT molecular complexity index is 2950. The van der Waals surface area contributed by atoms with E-state index >= 15 is 0 Å². The Morgan fingerprint density at radius 1 is 0.548 bits per heavy atom. The van der Waals surface area contributed by atoms with E-state index in [4.69, 9.17) is 0 Å². The Labute approximate surface area is 376 Å². The van der Waals surface area contributed by atoms with Gasteiger partial charge in [-0.25, -0.2) is 0 Å². The minimum absolute atomic E-state index is 0. The number of carbonyl (C=O) groups excluding carboxylic acids is 1. The summed E-state index contributed by atoms with van der Waals surface area (Å²) in [5.74, 6) is 0.547. The van der Waals surface area contributed by atoms with Crippen LogP contribution in [0.1, 0.15) is 53.4 Å². The third-order valence-electron chi connectivity index (χ3n) is 11.9. The van der Waals surface area contributed by atoms with Crippen molar-refractivity contribution in [1.82, 2.24) is 19.9 Å². The van der Waals surface area contributed by atoms with Gasteiger partial charge in [-0.1, -0.05) is 157 Å². The van der Waals surface area contributed by atoms with Crippen molar-refractivity contribution in [3.05, 3.63) is 170 Å². The Hall–Kier alpha value is -6.40. The third-order valence-corrected chi connectivity index (χ3v) is 11.9. The summed E-state index contributed by atoms with van der Waals surface area (Å²) in [4.78, 5) is 27.8. The summed E-state index contributed by atoms with van der Waals surface area (Å²) in [6.45, 7) is 8.07. The van der Waals surface area contributed by atoms with E-state index in [1.54, 1.807) is 0 Å². The number of aliphatic hydroxyl groups excluding tert-OH is 1. The van der Waals surface area contributed by atoms with Gasteiger partial charge in [0.15, 0.2) is 5.78 Å². The number of aromatic amines is 2. The Morgan fingerprint density at radius 2 is 0.952 bits per heavy atom. The van der Waals surface area contributed by atoms with Gasteiger partial charge in [-0.2, -0.15) is 0 Å². The van der Waals surface area contributed by atoms with Crippen molar-refractivity contribution in [3.63, 3.8) is 0 Å². The molecule has 0 aliphatic carbocycles. The van der Waals surface area contributed by atoms with Gasteiger partial charge in [0.1, 0.15) is 0 Å². The molecule has 6 aromatic carbocycles. The van der Waals surface area contributed by atoms with E-state index in [0.717, 1.165) is 80.8 Å². The minimum atomic E-state index is 0. The summed E-state index contributed by atoms with van der Waals surface area (Å²) in [7, 11) is 0. The van der Waals surface area contributed by atoms with Gasteiger partial charge < -0.3 is 15.1 Å². The molecular formula is C55H50IrN4O2-2. The molecule has 1 radical (unpaired) electrons. The SMILES string of the molecule is CCC(CC)C(=O)/C=C(\O)C(CC)CC.[Ir].[c-]1c(-c2nccc3ccccc23)c2[nH]ccc2c2ccccc12.[c-]1c(-c2nccc3ccccc23)c2[nH]ccc2c2ccccc12. The van der Waals surface area contributed by atoms with Crippen LogP contribution >= 0.6 is 0 Å². The summed E-state index contributed by atoms with van der Waals surface area (Å²) < 4.78 is 0. The van der Waals surface area contributed by atoms with Gasteiger partial charge in [-0.3, -0.25) is 14.8 Å². The molecule has 313 valence electrons. The molecule has 62 heavy (non-hydrogen) atoms. The number of nitrogens with one attached hydrogen (secondary N) is 2. The van der Waals surface area contributed by atoms with Crippen LogP contribution in [0, 0.1) is 24.0 Å². The zero-order valence-corrected chi connectivity index (χ0v) is 37.9. The molecule has 0 aliphatic heterocycles. The first-order valence-electron chi connectivity index (χ1n) is 21.4. The van der Waals surface area contributed by atoms with E-state index in [9.17, 15) is 9.90 Å². The van der Waals surface area contributed by atoms with E-state index in [0.29, 0.717) is 0 Å². The van der Waals surface area contributed by atoms with Crippen LogP contribution in [0.5, 0.6) is 0 Å². The zero-order chi connectivity index (χ0) is 42.3. The van der Waals surface area contributed by atoms with Crippen LogP contribution in [0.4, 0.5) is 0 Å². The number of carbonyl (C=O) groups is 1. The molecule has 0 saturated heterocycles. The van der Waals surface area contributed by atoms with Crippen molar-refractivity contribution in [2.24, 2.45) is 11.8 Å². The molecule has 0 aliphatic rings. The fourth-order valence-corrected chi connectivity index (χ4v) is 8.42. The summed E-state index contributed by atoms with van der Waals surface area (Å²) in [5.41, 5.74) is 6.18. The number of aromatic nitrogens is 4. The van der Waals surface area contributed by atoms with Crippen molar-refractivity contribution in [2.45, 2.75) is 53.4 Å². The van der Waals surface area contributed by atoms with Crippen molar-refractivity contribution in [2.75, 3.05) is 0 Å². The molecular weight excluding hydrogens is 941 g/mol. The molecule has 4 heterocycles. The minimum Gasteiger partial charge on any atom is -0.512 e. The topological polar surface area (TPSA) is 94.7 Å². The van der Waals surface area contributed by atoms with E-state index in [2.05, 4.69) is 141 Å². The molecule has 7 heteroatoms. The number of pyridine rings is 2. The molecule has 0 fully saturated rings. The number of H-pyrrole nitrogens is 2. The number of hydrogen-bond donors (Lipinski definition) is 3. The molecule has 0 atom stereocenters. The number of nitrogens with zero attached hydrogens (tertiary/aromatic N) is 2. The second kappa shape index (κ2) is 20.0. The molecule has 6 nitrogen and oxygen atoms in total. The van der Waals surface area contributed by atoms with Gasteiger partial charge in [0.2, 0.25) is 0 Å². The number of fused-ring (bicyclic) bond motifs is 8. The van der Waals surface area contributed by atoms with Gasteiger partial charge in [-0.15, -0.1) is 35.0 Å². The van der Waals surface area contributed by atoms with Crippen LogP contribution in [0.15, 0.2) is 158 Å². The molecule has 0 unspecified atom stereocenters. The Kier molecular flexibility index (Phi) is 14.1. The smallest absolute Gasteiger partial charge is 0.162 e. The van der Waals surface area contributed by atoms with Crippen LogP contribution in [0.2, 0.25) is 0 Å². The van der Waals surface area contributed by atoms with Gasteiger partial charge in [0.25, 0.3) is 0 Å². The normalized spacial score (nSPS) is 11.5. The van der Waals surface area contributed by atoms with Gasteiger partial charge >= 0.3 is 0 Å². The third kappa shape index (κ3) is 8.83. The predicted octanol–water partition coefficient (Wildman–Crippen LogP) is 14.5. The molecule has 0 bridgehead atoms. The predicted molar refractivity (Wildman–Crippen MR) is 255 cm³/mol. The molecule has 10 aromatic rings. The Morgan fingerprint density at radius 3 is 1.39 bits per heavy atom. The van der Waals surface area contributed by atoms with Gasteiger partial charge in [0.05, 0.1) is 5.76 Å². The second-order valence-electron chi connectivity index (χ2n) is 15.4. The van der Waals surface area contributed by atoms with E-state index in [1.807, 2.05) is 64.6 Å². The van der Waals surface area contributed by atoms with Crippen LogP contribution < -0.4 is 0 Å². The molecule has 0 spiro atoms. The average molecular weight is 991 g/mol. The van der Waals surface area contributed by atoms with Crippen LogP contribution in [0.3, 0.4) is 0 Å². The maximum Gasteiger partial charge on any atom is 0.162 e. The monoisotopic (exact) mass is 991 g/mol. The fraction of sp³-hybridized carbons (Fsp3) is 0.182. The molecule has 0 amide bonds. The van der Waals surface area contributed by atoms with Crippen molar-refractivity contribution >= 4 is 70.7 Å². The standard InChI is InChI=1S/2C21H13N2.C13H24O2.Ir/c2*1-4-8-17-14(5-1)9-11-22-20(17)19-13-15-6-2-3-7-16(15)18-10-12-23-21(18)19;1-5-10(6-2)12(14)9-13(15)11(7-3)8-4;/h2*1-12,23H;9-11,14H,5-8H2,1-4H3;/q2*-1;;/b;;12-9-;. The Balaban J connectivity index is 0.000000143. The number of rotatable bonds is 9. The van der Waals surface area contributed by atoms with Crippen molar-refractivity contribution < 1.29 is 30.0 Å². The summed E-state index contributed by atoms with van der Waals surface area (Å²) in [5, 5.41) is 21.5.